The number of nitrogens with zero attached hydrogens (tertiary/aromatic N) is 2. The van der Waals surface area contributed by atoms with E-state index in [0.29, 0.717) is 5.02 Å². The van der Waals surface area contributed by atoms with E-state index in [1.165, 1.54) is 0 Å². The summed E-state index contributed by atoms with van der Waals surface area (Å²) in [6.07, 6.45) is 3.30. The monoisotopic (exact) mass is 242 g/mol. The van der Waals surface area contributed by atoms with Gasteiger partial charge in [-0.2, -0.15) is 0 Å². The second-order valence-corrected chi connectivity index (χ2v) is 3.57. The topological polar surface area (TPSA) is 25.8 Å². The van der Waals surface area contributed by atoms with E-state index in [9.17, 15) is 0 Å². The molecule has 0 unspecified atom stereocenters. The van der Waals surface area contributed by atoms with E-state index in [1.54, 1.807) is 18.5 Å². The van der Waals surface area contributed by atoms with Crippen molar-refractivity contribution in [2.45, 2.75) is 0 Å². The van der Waals surface area contributed by atoms with Gasteiger partial charge in [0, 0.05) is 16.9 Å². The number of aromatic nitrogens is 2. The molecule has 12 heavy (non-hydrogen) atoms. The first-order chi connectivity index (χ1) is 5.77. The molecule has 2 aromatic rings. The third kappa shape index (κ3) is 1.30. The van der Waals surface area contributed by atoms with Crippen LogP contribution < -0.4 is 0 Å². The molecule has 0 bridgehead atoms. The lowest BCUT2D eigenvalue weighted by Gasteiger charge is -1.97. The SMILES string of the molecule is Clc1cc2nccnc2cc1Br. The van der Waals surface area contributed by atoms with Crippen LogP contribution in [0.2, 0.25) is 5.02 Å². The minimum atomic E-state index is 0.656. The number of halogens is 2. The van der Waals surface area contributed by atoms with Gasteiger partial charge in [0.1, 0.15) is 0 Å². The summed E-state index contributed by atoms with van der Waals surface area (Å²) in [6.45, 7) is 0. The maximum atomic E-state index is 5.87. The van der Waals surface area contributed by atoms with Gasteiger partial charge in [0.15, 0.2) is 0 Å². The van der Waals surface area contributed by atoms with Gasteiger partial charge in [-0.05, 0) is 28.1 Å². The molecule has 0 atom stereocenters. The molecule has 0 amide bonds. The van der Waals surface area contributed by atoms with Gasteiger partial charge in [0.25, 0.3) is 0 Å². The summed E-state index contributed by atoms with van der Waals surface area (Å²) < 4.78 is 0.845. The van der Waals surface area contributed by atoms with Crippen molar-refractivity contribution in [2.24, 2.45) is 0 Å². The second kappa shape index (κ2) is 2.99. The molecule has 0 spiro atoms. The number of rotatable bonds is 0. The van der Waals surface area contributed by atoms with E-state index in [4.69, 9.17) is 11.6 Å². The molecule has 1 heterocycles. The Morgan fingerprint density at radius 1 is 1.08 bits per heavy atom. The second-order valence-electron chi connectivity index (χ2n) is 2.31. The van der Waals surface area contributed by atoms with Crippen LogP contribution in [0.4, 0.5) is 0 Å². The maximum absolute atomic E-state index is 5.87. The summed E-state index contributed by atoms with van der Waals surface area (Å²) in [6, 6.07) is 3.64. The molecule has 60 valence electrons. The average Bonchev–Trinajstić information content (AvgIpc) is 2.07. The molecule has 0 saturated heterocycles. The first kappa shape index (κ1) is 7.95. The highest BCUT2D eigenvalue weighted by molar-refractivity contribution is 9.10. The number of hydrogen-bond acceptors (Lipinski definition) is 2. The molecule has 2 nitrogen and oxygen atoms in total. The van der Waals surface area contributed by atoms with Crippen molar-refractivity contribution in [1.29, 1.82) is 0 Å². The van der Waals surface area contributed by atoms with Crippen LogP contribution in [0.15, 0.2) is 29.0 Å². The summed E-state index contributed by atoms with van der Waals surface area (Å²) in [7, 11) is 0. The highest BCUT2D eigenvalue weighted by Crippen LogP contribution is 2.25. The Morgan fingerprint density at radius 3 is 2.33 bits per heavy atom. The van der Waals surface area contributed by atoms with Crippen molar-refractivity contribution in [2.75, 3.05) is 0 Å². The van der Waals surface area contributed by atoms with Crippen LogP contribution in [-0.2, 0) is 0 Å². The van der Waals surface area contributed by atoms with E-state index >= 15 is 0 Å². The van der Waals surface area contributed by atoms with Crippen molar-refractivity contribution in [1.82, 2.24) is 9.97 Å². The summed E-state index contributed by atoms with van der Waals surface area (Å²) >= 11 is 9.19. The molecule has 4 heteroatoms. The van der Waals surface area contributed by atoms with Crippen LogP contribution in [0.25, 0.3) is 11.0 Å². The minimum absolute atomic E-state index is 0.656. The third-order valence-electron chi connectivity index (χ3n) is 1.51. The molecule has 0 saturated carbocycles. The van der Waals surface area contributed by atoms with Gasteiger partial charge >= 0.3 is 0 Å². The predicted octanol–water partition coefficient (Wildman–Crippen LogP) is 3.05. The van der Waals surface area contributed by atoms with Crippen LogP contribution in [0.1, 0.15) is 0 Å². The Morgan fingerprint density at radius 2 is 1.67 bits per heavy atom. The van der Waals surface area contributed by atoms with E-state index in [0.717, 1.165) is 15.5 Å². The summed E-state index contributed by atoms with van der Waals surface area (Å²) in [5, 5.41) is 0.656. The molecule has 0 fully saturated rings. The van der Waals surface area contributed by atoms with Crippen LogP contribution >= 0.6 is 27.5 Å². The molecule has 0 radical (unpaired) electrons. The van der Waals surface area contributed by atoms with Crippen molar-refractivity contribution in [3.05, 3.63) is 34.0 Å². The van der Waals surface area contributed by atoms with E-state index < -0.39 is 0 Å². The smallest absolute Gasteiger partial charge is 0.0902 e. The standard InChI is InChI=1S/C8H4BrClN2/c9-5-3-7-8(4-6(5)10)12-2-1-11-7/h1-4H. The van der Waals surface area contributed by atoms with Crippen LogP contribution in [0.3, 0.4) is 0 Å². The molecule has 1 aromatic heterocycles. The van der Waals surface area contributed by atoms with Crippen LogP contribution in [0, 0.1) is 0 Å². The Bertz CT molecular complexity index is 390. The third-order valence-corrected chi connectivity index (χ3v) is 2.71. The Kier molecular flexibility index (Phi) is 1.98. The summed E-state index contributed by atoms with van der Waals surface area (Å²) in [5.74, 6) is 0. The van der Waals surface area contributed by atoms with E-state index in [1.807, 2.05) is 6.07 Å². The van der Waals surface area contributed by atoms with Crippen molar-refractivity contribution < 1.29 is 0 Å². The largest absolute Gasteiger partial charge is 0.253 e. The first-order valence-corrected chi connectivity index (χ1v) is 4.50. The molecular weight excluding hydrogens is 239 g/mol. The van der Waals surface area contributed by atoms with Gasteiger partial charge in [0.2, 0.25) is 0 Å². The fourth-order valence-corrected chi connectivity index (χ4v) is 1.45. The fourth-order valence-electron chi connectivity index (χ4n) is 0.960. The zero-order chi connectivity index (χ0) is 8.55. The highest BCUT2D eigenvalue weighted by Gasteiger charge is 2.00. The fraction of sp³-hybridized carbons (Fsp3) is 0. The highest BCUT2D eigenvalue weighted by atomic mass is 79.9. The Hall–Kier alpha value is -0.670. The predicted molar refractivity (Wildman–Crippen MR) is 52.2 cm³/mol. The van der Waals surface area contributed by atoms with Gasteiger partial charge in [-0.1, -0.05) is 11.6 Å². The normalized spacial score (nSPS) is 10.5. The van der Waals surface area contributed by atoms with E-state index in [2.05, 4.69) is 25.9 Å². The van der Waals surface area contributed by atoms with Crippen molar-refractivity contribution >= 4 is 38.6 Å². The van der Waals surface area contributed by atoms with Gasteiger partial charge in [0.05, 0.1) is 16.1 Å². The van der Waals surface area contributed by atoms with Crippen LogP contribution in [0.5, 0.6) is 0 Å². The number of fused-ring (bicyclic) bond motifs is 1. The summed E-state index contributed by atoms with van der Waals surface area (Å²) in [4.78, 5) is 8.25. The lowest BCUT2D eigenvalue weighted by atomic mass is 10.3. The van der Waals surface area contributed by atoms with Gasteiger partial charge in [-0.3, -0.25) is 9.97 Å². The summed E-state index contributed by atoms with van der Waals surface area (Å²) in [5.41, 5.74) is 1.65. The minimum Gasteiger partial charge on any atom is -0.253 e. The van der Waals surface area contributed by atoms with Crippen molar-refractivity contribution in [3.63, 3.8) is 0 Å². The average molecular weight is 243 g/mol. The molecule has 0 N–H and O–H groups in total. The Labute approximate surface area is 82.7 Å². The molecule has 0 aliphatic heterocycles. The maximum Gasteiger partial charge on any atom is 0.0902 e. The zero-order valence-corrected chi connectivity index (χ0v) is 8.30. The molecule has 0 aliphatic rings. The molecular formula is C8H4BrClN2. The van der Waals surface area contributed by atoms with Gasteiger partial charge in [-0.25, -0.2) is 0 Å². The molecule has 1 aromatic carbocycles. The number of hydrogen-bond donors (Lipinski definition) is 0. The van der Waals surface area contributed by atoms with Crippen LogP contribution in [-0.4, -0.2) is 9.97 Å². The van der Waals surface area contributed by atoms with E-state index in [-0.39, 0.29) is 0 Å². The first-order valence-electron chi connectivity index (χ1n) is 3.33. The van der Waals surface area contributed by atoms with Crippen molar-refractivity contribution in [3.8, 4) is 0 Å². The van der Waals surface area contributed by atoms with Gasteiger partial charge < -0.3 is 0 Å². The molecule has 2 rings (SSSR count). The number of benzene rings is 1. The lowest BCUT2D eigenvalue weighted by molar-refractivity contribution is 1.29. The lowest BCUT2D eigenvalue weighted by Crippen LogP contribution is -1.81. The zero-order valence-electron chi connectivity index (χ0n) is 5.96. The quantitative estimate of drug-likeness (QED) is 0.711. The van der Waals surface area contributed by atoms with Gasteiger partial charge in [-0.15, -0.1) is 0 Å². The molecule has 0 aliphatic carbocycles. The Balaban J connectivity index is 2.84.